The summed E-state index contributed by atoms with van der Waals surface area (Å²) in [6.45, 7) is 7.74. The molecular formula is C17H24N2O2. The third kappa shape index (κ3) is 2.17. The van der Waals surface area contributed by atoms with Crippen molar-refractivity contribution >= 4 is 5.97 Å². The fourth-order valence-electron chi connectivity index (χ4n) is 3.93. The summed E-state index contributed by atoms with van der Waals surface area (Å²) < 4.78 is 0. The van der Waals surface area contributed by atoms with Crippen molar-refractivity contribution in [3.05, 3.63) is 35.4 Å². The monoisotopic (exact) mass is 288 g/mol. The molecule has 4 heteroatoms. The minimum absolute atomic E-state index is 0.0452. The third-order valence-corrected chi connectivity index (χ3v) is 5.22. The summed E-state index contributed by atoms with van der Waals surface area (Å²) in [5, 5.41) is 13.4. The number of benzene rings is 1. The van der Waals surface area contributed by atoms with Gasteiger partial charge in [-0.3, -0.25) is 4.90 Å². The second-order valence-electron chi connectivity index (χ2n) is 6.83. The maximum Gasteiger partial charge on any atom is 0.328 e. The van der Waals surface area contributed by atoms with E-state index >= 15 is 0 Å². The SMILES string of the molecule is CC1(C)CCC(C(=O)O)(N2CCNCC2)c2ccccc21. The molecule has 1 unspecified atom stereocenters. The van der Waals surface area contributed by atoms with E-state index in [1.165, 1.54) is 5.56 Å². The van der Waals surface area contributed by atoms with E-state index < -0.39 is 11.5 Å². The number of carbonyl (C=O) groups is 1. The van der Waals surface area contributed by atoms with Gasteiger partial charge in [0.25, 0.3) is 0 Å². The summed E-state index contributed by atoms with van der Waals surface area (Å²) in [5.74, 6) is -0.702. The lowest BCUT2D eigenvalue weighted by atomic mass is 9.64. The van der Waals surface area contributed by atoms with Gasteiger partial charge in [-0.05, 0) is 29.4 Å². The maximum absolute atomic E-state index is 12.3. The first-order valence-corrected chi connectivity index (χ1v) is 7.78. The molecule has 2 N–H and O–H groups in total. The molecule has 114 valence electrons. The first-order valence-electron chi connectivity index (χ1n) is 7.78. The van der Waals surface area contributed by atoms with Gasteiger partial charge < -0.3 is 10.4 Å². The van der Waals surface area contributed by atoms with Crippen LogP contribution in [0.2, 0.25) is 0 Å². The highest BCUT2D eigenvalue weighted by Gasteiger charge is 2.51. The van der Waals surface area contributed by atoms with E-state index in [0.29, 0.717) is 6.42 Å². The number of hydrogen-bond donors (Lipinski definition) is 2. The van der Waals surface area contributed by atoms with Crippen molar-refractivity contribution in [1.29, 1.82) is 0 Å². The van der Waals surface area contributed by atoms with Gasteiger partial charge in [-0.1, -0.05) is 38.1 Å². The molecule has 3 rings (SSSR count). The molecule has 2 aliphatic rings. The van der Waals surface area contributed by atoms with E-state index in [1.807, 2.05) is 18.2 Å². The first-order chi connectivity index (χ1) is 9.98. The minimum Gasteiger partial charge on any atom is -0.480 e. The van der Waals surface area contributed by atoms with Crippen LogP contribution in [0, 0.1) is 0 Å². The van der Waals surface area contributed by atoms with Crippen LogP contribution in [0.4, 0.5) is 0 Å². The number of rotatable bonds is 2. The highest BCUT2D eigenvalue weighted by Crippen LogP contribution is 2.47. The third-order valence-electron chi connectivity index (χ3n) is 5.22. The van der Waals surface area contributed by atoms with Crippen molar-refractivity contribution in [2.45, 2.75) is 37.6 Å². The second-order valence-corrected chi connectivity index (χ2v) is 6.83. The average molecular weight is 288 g/mol. The zero-order valence-corrected chi connectivity index (χ0v) is 12.9. The molecule has 1 saturated heterocycles. The molecular weight excluding hydrogens is 264 g/mol. The summed E-state index contributed by atoms with van der Waals surface area (Å²) in [5.41, 5.74) is 1.38. The molecule has 0 bridgehead atoms. The van der Waals surface area contributed by atoms with Crippen molar-refractivity contribution in [3.63, 3.8) is 0 Å². The van der Waals surface area contributed by atoms with E-state index in [1.54, 1.807) is 0 Å². The molecule has 0 aromatic heterocycles. The fourth-order valence-corrected chi connectivity index (χ4v) is 3.93. The molecule has 0 spiro atoms. The lowest BCUT2D eigenvalue weighted by Crippen LogP contribution is -2.60. The van der Waals surface area contributed by atoms with Gasteiger partial charge in [-0.25, -0.2) is 4.79 Å². The molecule has 1 aromatic rings. The Balaban J connectivity index is 2.15. The molecule has 0 radical (unpaired) electrons. The molecule has 1 atom stereocenters. The molecule has 1 aliphatic carbocycles. The summed E-state index contributed by atoms with van der Waals surface area (Å²) in [6.07, 6.45) is 1.59. The van der Waals surface area contributed by atoms with Crippen LogP contribution in [0.1, 0.15) is 37.8 Å². The van der Waals surface area contributed by atoms with Crippen LogP contribution in [0.3, 0.4) is 0 Å². The predicted octanol–water partition coefficient (Wildman–Crippen LogP) is 1.94. The molecule has 4 nitrogen and oxygen atoms in total. The highest BCUT2D eigenvalue weighted by molar-refractivity contribution is 5.82. The largest absolute Gasteiger partial charge is 0.480 e. The lowest BCUT2D eigenvalue weighted by Gasteiger charge is -2.49. The molecule has 1 heterocycles. The molecule has 0 saturated carbocycles. The van der Waals surface area contributed by atoms with Crippen molar-refractivity contribution in [3.8, 4) is 0 Å². The fraction of sp³-hybridized carbons (Fsp3) is 0.588. The number of nitrogens with one attached hydrogen (secondary N) is 1. The van der Waals surface area contributed by atoms with Crippen LogP contribution in [0.5, 0.6) is 0 Å². The van der Waals surface area contributed by atoms with Crippen LogP contribution in [-0.4, -0.2) is 42.2 Å². The Bertz CT molecular complexity index is 549. The van der Waals surface area contributed by atoms with E-state index in [2.05, 4.69) is 30.1 Å². The number of carboxylic acids is 1. The topological polar surface area (TPSA) is 52.6 Å². The van der Waals surface area contributed by atoms with Crippen LogP contribution in [0.25, 0.3) is 0 Å². The van der Waals surface area contributed by atoms with Crippen LogP contribution < -0.4 is 5.32 Å². The van der Waals surface area contributed by atoms with Gasteiger partial charge in [-0.2, -0.15) is 0 Å². The van der Waals surface area contributed by atoms with E-state index in [4.69, 9.17) is 0 Å². The van der Waals surface area contributed by atoms with E-state index in [0.717, 1.165) is 38.2 Å². The number of fused-ring (bicyclic) bond motifs is 1. The summed E-state index contributed by atoms with van der Waals surface area (Å²) in [6, 6.07) is 8.12. The summed E-state index contributed by atoms with van der Waals surface area (Å²) in [7, 11) is 0. The molecule has 21 heavy (non-hydrogen) atoms. The Morgan fingerprint density at radius 3 is 2.38 bits per heavy atom. The number of aliphatic carboxylic acids is 1. The van der Waals surface area contributed by atoms with Gasteiger partial charge in [0.2, 0.25) is 0 Å². The molecule has 1 fully saturated rings. The number of nitrogens with zero attached hydrogens (tertiary/aromatic N) is 1. The minimum atomic E-state index is -0.853. The standard InChI is InChI=1S/C17H24N2O2/c1-16(2)7-8-17(15(20)21,19-11-9-18-10-12-19)14-6-4-3-5-13(14)16/h3-6,18H,7-12H2,1-2H3,(H,20,21). The number of carboxylic acid groups (broad SMARTS) is 1. The van der Waals surface area contributed by atoms with Crippen LogP contribution in [-0.2, 0) is 15.7 Å². The molecule has 1 aliphatic heterocycles. The lowest BCUT2D eigenvalue weighted by molar-refractivity contribution is -0.155. The Hall–Kier alpha value is -1.39. The van der Waals surface area contributed by atoms with E-state index in [9.17, 15) is 9.90 Å². The number of piperazine rings is 1. The van der Waals surface area contributed by atoms with Gasteiger partial charge in [0, 0.05) is 26.2 Å². The highest BCUT2D eigenvalue weighted by atomic mass is 16.4. The van der Waals surface area contributed by atoms with Gasteiger partial charge in [-0.15, -0.1) is 0 Å². The zero-order valence-electron chi connectivity index (χ0n) is 12.9. The maximum atomic E-state index is 12.3. The quantitative estimate of drug-likeness (QED) is 0.873. The molecule has 1 aromatic carbocycles. The Morgan fingerprint density at radius 2 is 1.76 bits per heavy atom. The van der Waals surface area contributed by atoms with Crippen LogP contribution >= 0.6 is 0 Å². The van der Waals surface area contributed by atoms with Gasteiger partial charge in [0.05, 0.1) is 0 Å². The predicted molar refractivity (Wildman–Crippen MR) is 82.5 cm³/mol. The smallest absolute Gasteiger partial charge is 0.328 e. The Morgan fingerprint density at radius 1 is 1.14 bits per heavy atom. The van der Waals surface area contributed by atoms with Crippen molar-refractivity contribution in [2.24, 2.45) is 0 Å². The summed E-state index contributed by atoms with van der Waals surface area (Å²) >= 11 is 0. The van der Waals surface area contributed by atoms with E-state index in [-0.39, 0.29) is 5.41 Å². The zero-order chi connectivity index (χ0) is 15.1. The van der Waals surface area contributed by atoms with Gasteiger partial charge in [0.15, 0.2) is 0 Å². The normalized spacial score (nSPS) is 28.9. The van der Waals surface area contributed by atoms with Crippen molar-refractivity contribution < 1.29 is 9.90 Å². The van der Waals surface area contributed by atoms with Gasteiger partial charge in [0.1, 0.15) is 5.54 Å². The van der Waals surface area contributed by atoms with Crippen molar-refractivity contribution in [1.82, 2.24) is 10.2 Å². The second kappa shape index (κ2) is 5.11. The number of hydrogen-bond acceptors (Lipinski definition) is 3. The van der Waals surface area contributed by atoms with Crippen LogP contribution in [0.15, 0.2) is 24.3 Å². The van der Waals surface area contributed by atoms with Crippen molar-refractivity contribution in [2.75, 3.05) is 26.2 Å². The summed E-state index contributed by atoms with van der Waals surface area (Å²) in [4.78, 5) is 14.5. The average Bonchev–Trinajstić information content (AvgIpc) is 2.48. The van der Waals surface area contributed by atoms with Gasteiger partial charge >= 0.3 is 5.97 Å². The Labute approximate surface area is 126 Å². The molecule has 0 amide bonds. The Kier molecular flexibility index (Phi) is 3.54. The first kappa shape index (κ1) is 14.5.